The zero-order chi connectivity index (χ0) is 14.0. The standard InChI is InChI=1S/C14H15ClN2OS/c1-9-14(19-8-16-9)7-17(3)11-4-5-12(10(2)18)13(15)6-11/h4-6,8H,7H2,1-3H3. The first-order chi connectivity index (χ1) is 8.99. The molecule has 0 amide bonds. The maximum absolute atomic E-state index is 11.3. The SMILES string of the molecule is CC(=O)c1ccc(N(C)Cc2scnc2C)cc1Cl. The molecule has 2 aromatic rings. The molecule has 3 nitrogen and oxygen atoms in total. The summed E-state index contributed by atoms with van der Waals surface area (Å²) in [5.74, 6) is -0.0162. The molecule has 2 rings (SSSR count). The topological polar surface area (TPSA) is 33.2 Å². The van der Waals surface area contributed by atoms with Crippen LogP contribution < -0.4 is 4.90 Å². The van der Waals surface area contributed by atoms with E-state index in [0.29, 0.717) is 10.6 Å². The van der Waals surface area contributed by atoms with Gasteiger partial charge >= 0.3 is 0 Å². The molecule has 0 saturated carbocycles. The summed E-state index contributed by atoms with van der Waals surface area (Å²) in [6, 6.07) is 5.52. The minimum atomic E-state index is -0.0162. The highest BCUT2D eigenvalue weighted by Crippen LogP contribution is 2.25. The van der Waals surface area contributed by atoms with Crippen LogP contribution in [0.3, 0.4) is 0 Å². The van der Waals surface area contributed by atoms with E-state index >= 15 is 0 Å². The highest BCUT2D eigenvalue weighted by molar-refractivity contribution is 7.09. The third-order valence-electron chi connectivity index (χ3n) is 3.00. The first-order valence-corrected chi connectivity index (χ1v) is 7.15. The van der Waals surface area contributed by atoms with Crippen molar-refractivity contribution in [1.82, 2.24) is 4.98 Å². The molecule has 0 spiro atoms. The average molecular weight is 295 g/mol. The number of hydrogen-bond acceptors (Lipinski definition) is 4. The molecule has 1 heterocycles. The van der Waals surface area contributed by atoms with Gasteiger partial charge in [-0.1, -0.05) is 11.6 Å². The number of benzene rings is 1. The number of nitrogens with zero attached hydrogens (tertiary/aromatic N) is 2. The molecule has 1 aromatic heterocycles. The lowest BCUT2D eigenvalue weighted by molar-refractivity contribution is 0.101. The Labute approximate surface area is 121 Å². The molecule has 0 radical (unpaired) electrons. The second-order valence-corrected chi connectivity index (χ2v) is 5.78. The van der Waals surface area contributed by atoms with Crippen molar-refractivity contribution >= 4 is 34.4 Å². The molecule has 0 unspecified atom stereocenters. The van der Waals surface area contributed by atoms with Gasteiger partial charge in [0.2, 0.25) is 0 Å². The van der Waals surface area contributed by atoms with Gasteiger partial charge in [-0.05, 0) is 32.0 Å². The second kappa shape index (κ2) is 5.72. The van der Waals surface area contributed by atoms with Crippen molar-refractivity contribution in [3.05, 3.63) is 44.9 Å². The van der Waals surface area contributed by atoms with E-state index in [1.54, 1.807) is 17.4 Å². The second-order valence-electron chi connectivity index (χ2n) is 4.44. The fourth-order valence-electron chi connectivity index (χ4n) is 1.81. The minimum Gasteiger partial charge on any atom is -0.369 e. The van der Waals surface area contributed by atoms with Gasteiger partial charge in [0.25, 0.3) is 0 Å². The zero-order valence-electron chi connectivity index (χ0n) is 11.1. The molecule has 0 N–H and O–H groups in total. The van der Waals surface area contributed by atoms with E-state index in [4.69, 9.17) is 11.6 Å². The Balaban J connectivity index is 2.20. The number of halogens is 1. The Morgan fingerprint density at radius 3 is 2.74 bits per heavy atom. The molecule has 0 aliphatic rings. The van der Waals surface area contributed by atoms with E-state index in [1.165, 1.54) is 11.8 Å². The van der Waals surface area contributed by atoms with Crippen molar-refractivity contribution in [2.24, 2.45) is 0 Å². The highest BCUT2D eigenvalue weighted by atomic mass is 35.5. The van der Waals surface area contributed by atoms with Gasteiger partial charge in [0.05, 0.1) is 22.8 Å². The van der Waals surface area contributed by atoms with Crippen LogP contribution in [0.1, 0.15) is 27.9 Å². The van der Waals surface area contributed by atoms with Gasteiger partial charge in [-0.15, -0.1) is 11.3 Å². The highest BCUT2D eigenvalue weighted by Gasteiger charge is 2.10. The van der Waals surface area contributed by atoms with Crippen LogP contribution in [0, 0.1) is 6.92 Å². The number of ketones is 1. The third kappa shape index (κ3) is 3.14. The van der Waals surface area contributed by atoms with Crippen molar-refractivity contribution in [2.45, 2.75) is 20.4 Å². The van der Waals surface area contributed by atoms with E-state index < -0.39 is 0 Å². The number of carbonyl (C=O) groups is 1. The van der Waals surface area contributed by atoms with Gasteiger partial charge in [-0.2, -0.15) is 0 Å². The molecule has 0 fully saturated rings. The molecule has 100 valence electrons. The summed E-state index contributed by atoms with van der Waals surface area (Å²) in [6.45, 7) is 4.31. The molecule has 0 atom stereocenters. The van der Waals surface area contributed by atoms with E-state index in [1.807, 2.05) is 31.6 Å². The quantitative estimate of drug-likeness (QED) is 0.801. The number of hydrogen-bond donors (Lipinski definition) is 0. The minimum absolute atomic E-state index is 0.0162. The lowest BCUT2D eigenvalue weighted by atomic mass is 10.1. The predicted octanol–water partition coefficient (Wildman–Crippen LogP) is 3.94. The summed E-state index contributed by atoms with van der Waals surface area (Å²) >= 11 is 7.77. The van der Waals surface area contributed by atoms with Crippen molar-refractivity contribution < 1.29 is 4.79 Å². The van der Waals surface area contributed by atoms with Crippen LogP contribution in [0.15, 0.2) is 23.7 Å². The normalized spacial score (nSPS) is 10.5. The van der Waals surface area contributed by atoms with Crippen LogP contribution in [0.5, 0.6) is 0 Å². The lowest BCUT2D eigenvalue weighted by Gasteiger charge is -2.19. The fraction of sp³-hybridized carbons (Fsp3) is 0.286. The number of thiazole rings is 1. The molecule has 0 aliphatic heterocycles. The Morgan fingerprint density at radius 1 is 1.47 bits per heavy atom. The number of carbonyl (C=O) groups excluding carboxylic acids is 1. The van der Waals surface area contributed by atoms with Crippen molar-refractivity contribution in [3.8, 4) is 0 Å². The van der Waals surface area contributed by atoms with E-state index in [9.17, 15) is 4.79 Å². The van der Waals surface area contributed by atoms with E-state index in [-0.39, 0.29) is 5.78 Å². The van der Waals surface area contributed by atoms with Crippen LogP contribution in [0.4, 0.5) is 5.69 Å². The monoisotopic (exact) mass is 294 g/mol. The Bertz CT molecular complexity index is 609. The number of anilines is 1. The summed E-state index contributed by atoms with van der Waals surface area (Å²) in [5.41, 5.74) is 4.46. The summed E-state index contributed by atoms with van der Waals surface area (Å²) in [4.78, 5) is 18.9. The molecule has 0 bridgehead atoms. The maximum Gasteiger partial charge on any atom is 0.161 e. The molecule has 19 heavy (non-hydrogen) atoms. The molecular weight excluding hydrogens is 280 g/mol. The molecular formula is C14H15ClN2OS. The number of aryl methyl sites for hydroxylation is 1. The van der Waals surface area contributed by atoms with Gasteiger partial charge in [-0.3, -0.25) is 4.79 Å². The Hall–Kier alpha value is -1.39. The van der Waals surface area contributed by atoms with Crippen molar-refractivity contribution in [1.29, 1.82) is 0 Å². The van der Waals surface area contributed by atoms with Gasteiger partial charge in [0, 0.05) is 23.2 Å². The molecule has 0 saturated heterocycles. The maximum atomic E-state index is 11.3. The molecule has 1 aromatic carbocycles. The van der Waals surface area contributed by atoms with Gasteiger partial charge in [0.15, 0.2) is 5.78 Å². The van der Waals surface area contributed by atoms with Gasteiger partial charge in [0.1, 0.15) is 0 Å². The van der Waals surface area contributed by atoms with E-state index in [0.717, 1.165) is 17.9 Å². The largest absolute Gasteiger partial charge is 0.369 e. The number of aromatic nitrogens is 1. The first kappa shape index (κ1) is 14.0. The number of rotatable bonds is 4. The summed E-state index contributed by atoms with van der Waals surface area (Å²) < 4.78 is 0. The van der Waals surface area contributed by atoms with Crippen LogP contribution in [-0.2, 0) is 6.54 Å². The fourth-order valence-corrected chi connectivity index (χ4v) is 2.95. The zero-order valence-corrected chi connectivity index (χ0v) is 12.7. The van der Waals surface area contributed by atoms with Crippen molar-refractivity contribution in [3.63, 3.8) is 0 Å². The van der Waals surface area contributed by atoms with Crippen LogP contribution >= 0.6 is 22.9 Å². The first-order valence-electron chi connectivity index (χ1n) is 5.89. The third-order valence-corrected chi connectivity index (χ3v) is 4.23. The Kier molecular flexibility index (Phi) is 4.22. The van der Waals surface area contributed by atoms with Crippen molar-refractivity contribution in [2.75, 3.05) is 11.9 Å². The molecule has 0 aliphatic carbocycles. The van der Waals surface area contributed by atoms with Crippen LogP contribution in [-0.4, -0.2) is 17.8 Å². The molecule has 5 heteroatoms. The van der Waals surface area contributed by atoms with Gasteiger partial charge in [-0.25, -0.2) is 4.98 Å². The smallest absolute Gasteiger partial charge is 0.161 e. The van der Waals surface area contributed by atoms with Gasteiger partial charge < -0.3 is 4.90 Å². The summed E-state index contributed by atoms with van der Waals surface area (Å²) in [6.07, 6.45) is 0. The number of Topliss-reactive ketones (excluding diaryl/α,β-unsaturated/α-hetero) is 1. The summed E-state index contributed by atoms with van der Waals surface area (Å²) in [5, 5.41) is 0.498. The van der Waals surface area contributed by atoms with Crippen LogP contribution in [0.2, 0.25) is 5.02 Å². The average Bonchev–Trinajstić information content (AvgIpc) is 2.74. The van der Waals surface area contributed by atoms with E-state index in [2.05, 4.69) is 9.88 Å². The van der Waals surface area contributed by atoms with Crippen LogP contribution in [0.25, 0.3) is 0 Å². The summed E-state index contributed by atoms with van der Waals surface area (Å²) in [7, 11) is 2.00. The Morgan fingerprint density at radius 2 is 2.21 bits per heavy atom. The predicted molar refractivity (Wildman–Crippen MR) is 80.4 cm³/mol. The lowest BCUT2D eigenvalue weighted by Crippen LogP contribution is -2.16.